The number of hydrogen-bond acceptors (Lipinski definition) is 5. The van der Waals surface area contributed by atoms with E-state index in [0.717, 1.165) is 16.7 Å². The maximum atomic E-state index is 9.43. The van der Waals surface area contributed by atoms with Crippen molar-refractivity contribution in [2.75, 3.05) is 0 Å². The van der Waals surface area contributed by atoms with Gasteiger partial charge in [0.2, 0.25) is 0 Å². The van der Waals surface area contributed by atoms with Crippen LogP contribution in [0.15, 0.2) is 61.1 Å². The van der Waals surface area contributed by atoms with Crippen LogP contribution in [0.2, 0.25) is 0 Å². The van der Waals surface area contributed by atoms with Gasteiger partial charge in [-0.2, -0.15) is 5.26 Å². The van der Waals surface area contributed by atoms with E-state index < -0.39 is 0 Å². The van der Waals surface area contributed by atoms with E-state index >= 15 is 0 Å². The molecule has 24 heavy (non-hydrogen) atoms. The number of H-pyrrole nitrogens is 1. The van der Waals surface area contributed by atoms with Gasteiger partial charge in [0.25, 0.3) is 0 Å². The average molecular weight is 313 g/mol. The highest BCUT2D eigenvalue weighted by molar-refractivity contribution is 5.70. The van der Waals surface area contributed by atoms with Crippen LogP contribution in [0.3, 0.4) is 0 Å². The predicted octanol–water partition coefficient (Wildman–Crippen LogP) is 2.59. The van der Waals surface area contributed by atoms with Gasteiger partial charge in [0.15, 0.2) is 5.82 Å². The van der Waals surface area contributed by atoms with Crippen molar-refractivity contribution in [1.29, 1.82) is 5.26 Å². The van der Waals surface area contributed by atoms with E-state index in [1.807, 2.05) is 53.2 Å². The summed E-state index contributed by atoms with van der Waals surface area (Å²) in [5.41, 5.74) is 3.27. The van der Waals surface area contributed by atoms with Gasteiger partial charge in [-0.25, -0.2) is 10.1 Å². The first-order chi connectivity index (χ1) is 11.8. The molecule has 7 nitrogen and oxygen atoms in total. The maximum Gasteiger partial charge on any atom is 0.179 e. The van der Waals surface area contributed by atoms with E-state index in [4.69, 9.17) is 0 Å². The zero-order valence-electron chi connectivity index (χ0n) is 12.5. The summed E-state index contributed by atoms with van der Waals surface area (Å²) < 4.78 is 1.83. The molecule has 1 N–H and O–H groups in total. The van der Waals surface area contributed by atoms with Crippen molar-refractivity contribution in [2.45, 2.75) is 0 Å². The molecular formula is C17H11N7. The Morgan fingerprint density at radius 1 is 1.04 bits per heavy atom. The van der Waals surface area contributed by atoms with Crippen molar-refractivity contribution >= 4 is 0 Å². The molecule has 4 rings (SSSR count). The topological polar surface area (TPSA) is 96.1 Å². The lowest BCUT2D eigenvalue weighted by Crippen LogP contribution is -1.95. The third kappa shape index (κ3) is 2.42. The van der Waals surface area contributed by atoms with Crippen LogP contribution < -0.4 is 0 Å². The fourth-order valence-electron chi connectivity index (χ4n) is 2.51. The van der Waals surface area contributed by atoms with Crippen LogP contribution in [0.25, 0.3) is 28.3 Å². The molecule has 0 bridgehead atoms. The Bertz CT molecular complexity index is 1010. The Balaban J connectivity index is 1.80. The predicted molar refractivity (Wildman–Crippen MR) is 86.9 cm³/mol. The van der Waals surface area contributed by atoms with Gasteiger partial charge in [-0.15, -0.1) is 5.10 Å². The molecule has 0 fully saturated rings. The summed E-state index contributed by atoms with van der Waals surface area (Å²) in [6.07, 6.45) is 5.35. The van der Waals surface area contributed by atoms with Crippen molar-refractivity contribution in [2.24, 2.45) is 0 Å². The second kappa shape index (κ2) is 5.78. The van der Waals surface area contributed by atoms with E-state index in [1.54, 1.807) is 12.4 Å². The van der Waals surface area contributed by atoms with Crippen LogP contribution in [0.5, 0.6) is 0 Å². The Kier molecular flexibility index (Phi) is 3.33. The summed E-state index contributed by atoms with van der Waals surface area (Å²) in [6.45, 7) is 0. The molecule has 3 heterocycles. The van der Waals surface area contributed by atoms with Gasteiger partial charge >= 0.3 is 0 Å². The van der Waals surface area contributed by atoms with Crippen molar-refractivity contribution in [3.63, 3.8) is 0 Å². The largest absolute Gasteiger partial charge is 0.307 e. The first kappa shape index (κ1) is 13.8. The van der Waals surface area contributed by atoms with Crippen molar-refractivity contribution in [1.82, 2.24) is 30.2 Å². The summed E-state index contributed by atoms with van der Waals surface area (Å²) in [5, 5.41) is 23.2. The van der Waals surface area contributed by atoms with Crippen molar-refractivity contribution in [3.8, 4) is 34.4 Å². The lowest BCUT2D eigenvalue weighted by Gasteiger charge is -2.03. The maximum absolute atomic E-state index is 9.43. The zero-order chi connectivity index (χ0) is 16.4. The van der Waals surface area contributed by atoms with Crippen LogP contribution in [-0.2, 0) is 0 Å². The first-order valence-electron chi connectivity index (χ1n) is 7.23. The monoisotopic (exact) mass is 313 g/mol. The summed E-state index contributed by atoms with van der Waals surface area (Å²) in [5.74, 6) is 1.25. The molecule has 0 radical (unpaired) electrons. The third-order valence-electron chi connectivity index (χ3n) is 3.66. The number of aromatic nitrogens is 6. The van der Waals surface area contributed by atoms with Crippen LogP contribution in [0.4, 0.5) is 0 Å². The highest BCUT2D eigenvalue weighted by Crippen LogP contribution is 2.26. The first-order valence-corrected chi connectivity index (χ1v) is 7.23. The van der Waals surface area contributed by atoms with Crippen molar-refractivity contribution in [3.05, 3.63) is 66.6 Å². The quantitative estimate of drug-likeness (QED) is 0.627. The van der Waals surface area contributed by atoms with Gasteiger partial charge < -0.3 is 4.57 Å². The number of benzene rings is 1. The Morgan fingerprint density at radius 2 is 1.92 bits per heavy atom. The van der Waals surface area contributed by atoms with E-state index in [0.29, 0.717) is 17.2 Å². The number of tetrazole rings is 1. The molecule has 0 aliphatic heterocycles. The van der Waals surface area contributed by atoms with Gasteiger partial charge in [-0.05, 0) is 28.1 Å². The zero-order valence-corrected chi connectivity index (χ0v) is 12.5. The molecule has 0 amide bonds. The summed E-state index contributed by atoms with van der Waals surface area (Å²) >= 11 is 0. The van der Waals surface area contributed by atoms with Gasteiger partial charge in [0.1, 0.15) is 11.9 Å². The lowest BCUT2D eigenvalue weighted by atomic mass is 10.1. The van der Waals surface area contributed by atoms with E-state index in [9.17, 15) is 5.26 Å². The van der Waals surface area contributed by atoms with E-state index in [-0.39, 0.29) is 0 Å². The second-order valence-electron chi connectivity index (χ2n) is 5.12. The Morgan fingerprint density at radius 3 is 2.67 bits per heavy atom. The molecule has 1 aromatic carbocycles. The number of nitrogens with one attached hydrogen (secondary N) is 1. The molecule has 7 heteroatoms. The molecule has 4 aromatic rings. The highest BCUT2D eigenvalue weighted by atomic mass is 15.5. The minimum atomic E-state index is 0.564. The smallest absolute Gasteiger partial charge is 0.179 e. The Labute approximate surface area is 137 Å². The standard InChI is InChI=1S/C17H11N7/c18-9-14-10-24(11-15(14)12-4-2-1-3-5-12)16-8-13(6-7-19-16)17-20-22-23-21-17/h1-8,10-11H,(H,20,21,22,23). The fraction of sp³-hybridized carbons (Fsp3) is 0. The molecular weight excluding hydrogens is 302 g/mol. The van der Waals surface area contributed by atoms with Crippen LogP contribution in [-0.4, -0.2) is 30.2 Å². The van der Waals surface area contributed by atoms with Gasteiger partial charge in [0.05, 0.1) is 5.56 Å². The third-order valence-corrected chi connectivity index (χ3v) is 3.66. The average Bonchev–Trinajstić information content (AvgIpc) is 3.32. The number of pyridine rings is 1. The lowest BCUT2D eigenvalue weighted by molar-refractivity contribution is 0.881. The van der Waals surface area contributed by atoms with E-state index in [2.05, 4.69) is 31.7 Å². The van der Waals surface area contributed by atoms with Crippen LogP contribution in [0.1, 0.15) is 5.56 Å². The number of rotatable bonds is 3. The van der Waals surface area contributed by atoms with E-state index in [1.165, 1.54) is 0 Å². The molecule has 0 unspecified atom stereocenters. The molecule has 0 atom stereocenters. The normalized spacial score (nSPS) is 10.5. The summed E-state index contributed by atoms with van der Waals surface area (Å²) in [4.78, 5) is 4.37. The molecule has 0 saturated heterocycles. The van der Waals surface area contributed by atoms with Crippen LogP contribution >= 0.6 is 0 Å². The SMILES string of the molecule is N#Cc1cn(-c2cc(-c3nnn[nH]3)ccn2)cc1-c1ccccc1. The second-order valence-corrected chi connectivity index (χ2v) is 5.12. The summed E-state index contributed by atoms with van der Waals surface area (Å²) in [7, 11) is 0. The molecule has 0 saturated carbocycles. The molecule has 3 aromatic heterocycles. The number of nitrogens with zero attached hydrogens (tertiary/aromatic N) is 6. The fourth-order valence-corrected chi connectivity index (χ4v) is 2.51. The van der Waals surface area contributed by atoms with Crippen LogP contribution in [0, 0.1) is 11.3 Å². The van der Waals surface area contributed by atoms with Crippen molar-refractivity contribution < 1.29 is 0 Å². The molecule has 0 spiro atoms. The molecule has 114 valence electrons. The summed E-state index contributed by atoms with van der Waals surface area (Å²) in [6, 6.07) is 15.7. The van der Waals surface area contributed by atoms with Gasteiger partial charge in [-0.3, -0.25) is 0 Å². The van der Waals surface area contributed by atoms with Gasteiger partial charge in [0, 0.05) is 29.7 Å². The highest BCUT2D eigenvalue weighted by Gasteiger charge is 2.11. The minimum absolute atomic E-state index is 0.564. The van der Waals surface area contributed by atoms with Gasteiger partial charge in [-0.1, -0.05) is 30.3 Å². The minimum Gasteiger partial charge on any atom is -0.307 e. The number of nitriles is 1. The molecule has 0 aliphatic carbocycles. The molecule has 0 aliphatic rings. The number of aromatic amines is 1. The number of hydrogen-bond donors (Lipinski definition) is 1. The Hall–Kier alpha value is -3.79.